The third-order valence-electron chi connectivity index (χ3n) is 2.20. The van der Waals surface area contributed by atoms with Crippen LogP contribution in [-0.4, -0.2) is 31.2 Å². The van der Waals surface area contributed by atoms with Gasteiger partial charge in [0.15, 0.2) is 5.78 Å². The van der Waals surface area contributed by atoms with Crippen LogP contribution in [0.3, 0.4) is 0 Å². The zero-order valence-corrected chi connectivity index (χ0v) is 9.22. The van der Waals surface area contributed by atoms with Gasteiger partial charge < -0.3 is 9.47 Å². The molecule has 0 aliphatic rings. The molecule has 13 heavy (non-hydrogen) atoms. The predicted molar refractivity (Wildman–Crippen MR) is 51.8 cm³/mol. The maximum absolute atomic E-state index is 10.8. The fourth-order valence-corrected chi connectivity index (χ4v) is 0.701. The van der Waals surface area contributed by atoms with E-state index < -0.39 is 0 Å². The maximum atomic E-state index is 10.8. The van der Waals surface area contributed by atoms with E-state index in [-0.39, 0.29) is 17.5 Å². The Morgan fingerprint density at radius 3 is 2.38 bits per heavy atom. The van der Waals surface area contributed by atoms with Gasteiger partial charge in [-0.05, 0) is 34.1 Å². The Morgan fingerprint density at radius 2 is 2.00 bits per heavy atom. The molecule has 0 N–H and O–H groups in total. The number of ether oxygens (including phenoxy) is 2. The smallest absolute Gasteiger partial charge is 0.158 e. The molecule has 0 aliphatic carbocycles. The van der Waals surface area contributed by atoms with E-state index >= 15 is 0 Å². The molecule has 0 fully saturated rings. The molecule has 1 unspecified atom stereocenters. The largest absolute Gasteiger partial charge is 0.379 e. The summed E-state index contributed by atoms with van der Waals surface area (Å²) < 4.78 is 10.5. The van der Waals surface area contributed by atoms with Gasteiger partial charge in [-0.2, -0.15) is 0 Å². The van der Waals surface area contributed by atoms with Gasteiger partial charge in [0.1, 0.15) is 6.10 Å². The van der Waals surface area contributed by atoms with Gasteiger partial charge in [0.2, 0.25) is 0 Å². The number of methoxy groups -OCH3 is 1. The Hall–Kier alpha value is -0.410. The minimum atomic E-state index is -0.298. The van der Waals surface area contributed by atoms with E-state index in [9.17, 15) is 4.79 Å². The molecule has 0 heterocycles. The van der Waals surface area contributed by atoms with Crippen LogP contribution >= 0.6 is 0 Å². The Balaban J connectivity index is 3.62. The van der Waals surface area contributed by atoms with E-state index in [4.69, 9.17) is 9.47 Å². The standard InChI is InChI=1S/C10H20O3/c1-8(11)9(2)13-7-6-10(3,4)12-5/h9H,6-7H2,1-5H3. The second kappa shape index (κ2) is 5.35. The molecule has 0 aromatic heterocycles. The lowest BCUT2D eigenvalue weighted by Crippen LogP contribution is -2.27. The monoisotopic (exact) mass is 188 g/mol. The van der Waals surface area contributed by atoms with Crippen molar-refractivity contribution in [2.24, 2.45) is 0 Å². The van der Waals surface area contributed by atoms with Gasteiger partial charge in [-0.25, -0.2) is 0 Å². The normalized spacial score (nSPS) is 14.2. The molecule has 78 valence electrons. The van der Waals surface area contributed by atoms with Crippen molar-refractivity contribution in [3.05, 3.63) is 0 Å². The molecule has 1 atom stereocenters. The zero-order valence-electron chi connectivity index (χ0n) is 9.22. The van der Waals surface area contributed by atoms with Gasteiger partial charge in [0.25, 0.3) is 0 Å². The van der Waals surface area contributed by atoms with Crippen molar-refractivity contribution in [2.75, 3.05) is 13.7 Å². The van der Waals surface area contributed by atoms with Crippen molar-refractivity contribution >= 4 is 5.78 Å². The van der Waals surface area contributed by atoms with Crippen molar-refractivity contribution in [2.45, 2.75) is 45.8 Å². The molecule has 3 heteroatoms. The van der Waals surface area contributed by atoms with Gasteiger partial charge >= 0.3 is 0 Å². The molecule has 0 rings (SSSR count). The molecule has 0 amide bonds. The Labute approximate surface area is 80.4 Å². The summed E-state index contributed by atoms with van der Waals surface area (Å²) in [5.41, 5.74) is -0.170. The first-order valence-corrected chi connectivity index (χ1v) is 4.56. The summed E-state index contributed by atoms with van der Waals surface area (Å²) in [6, 6.07) is 0. The SMILES string of the molecule is COC(C)(C)CCOC(C)C(C)=O. The quantitative estimate of drug-likeness (QED) is 0.637. The van der Waals surface area contributed by atoms with Crippen LogP contribution in [0.15, 0.2) is 0 Å². The highest BCUT2D eigenvalue weighted by atomic mass is 16.5. The van der Waals surface area contributed by atoms with Crippen LogP contribution < -0.4 is 0 Å². The van der Waals surface area contributed by atoms with Crippen molar-refractivity contribution in [1.29, 1.82) is 0 Å². The molecule has 3 nitrogen and oxygen atoms in total. The second-order valence-electron chi connectivity index (χ2n) is 3.84. The first kappa shape index (κ1) is 12.6. The lowest BCUT2D eigenvalue weighted by Gasteiger charge is -2.23. The highest BCUT2D eigenvalue weighted by Crippen LogP contribution is 2.13. The highest BCUT2D eigenvalue weighted by molar-refractivity contribution is 5.79. The van der Waals surface area contributed by atoms with Crippen LogP contribution in [-0.2, 0) is 14.3 Å². The summed E-state index contributed by atoms with van der Waals surface area (Å²) in [5, 5.41) is 0. The average Bonchev–Trinajstić information content (AvgIpc) is 2.04. The van der Waals surface area contributed by atoms with Crippen LogP contribution in [0.2, 0.25) is 0 Å². The molecular formula is C10H20O3. The molecular weight excluding hydrogens is 168 g/mol. The summed E-state index contributed by atoms with van der Waals surface area (Å²) in [4.78, 5) is 10.8. The van der Waals surface area contributed by atoms with E-state index in [1.807, 2.05) is 13.8 Å². The van der Waals surface area contributed by atoms with Gasteiger partial charge in [-0.15, -0.1) is 0 Å². The minimum absolute atomic E-state index is 0.0650. The van der Waals surface area contributed by atoms with Crippen LogP contribution in [0.1, 0.15) is 34.1 Å². The van der Waals surface area contributed by atoms with Crippen molar-refractivity contribution in [3.8, 4) is 0 Å². The Morgan fingerprint density at radius 1 is 1.46 bits per heavy atom. The van der Waals surface area contributed by atoms with Crippen LogP contribution in [0.25, 0.3) is 0 Å². The molecule has 0 bridgehead atoms. The number of hydrogen-bond donors (Lipinski definition) is 0. The summed E-state index contributed by atoms with van der Waals surface area (Å²) in [5.74, 6) is 0.0650. The van der Waals surface area contributed by atoms with Crippen molar-refractivity contribution in [1.82, 2.24) is 0 Å². The van der Waals surface area contributed by atoms with Gasteiger partial charge in [-0.3, -0.25) is 4.79 Å². The lowest BCUT2D eigenvalue weighted by atomic mass is 10.1. The topological polar surface area (TPSA) is 35.5 Å². The number of ketones is 1. The molecule has 0 aromatic rings. The van der Waals surface area contributed by atoms with Gasteiger partial charge in [0.05, 0.1) is 12.2 Å². The maximum Gasteiger partial charge on any atom is 0.158 e. The van der Waals surface area contributed by atoms with E-state index in [1.165, 1.54) is 6.92 Å². The lowest BCUT2D eigenvalue weighted by molar-refractivity contribution is -0.128. The van der Waals surface area contributed by atoms with E-state index in [0.717, 1.165) is 6.42 Å². The highest BCUT2D eigenvalue weighted by Gasteiger charge is 2.17. The summed E-state index contributed by atoms with van der Waals surface area (Å²) in [6.45, 7) is 7.85. The van der Waals surface area contributed by atoms with Crippen LogP contribution in [0.4, 0.5) is 0 Å². The van der Waals surface area contributed by atoms with Gasteiger partial charge in [0, 0.05) is 7.11 Å². The van der Waals surface area contributed by atoms with E-state index in [0.29, 0.717) is 6.61 Å². The fraction of sp³-hybridized carbons (Fsp3) is 0.900. The number of hydrogen-bond acceptors (Lipinski definition) is 3. The first-order chi connectivity index (χ1) is 5.89. The van der Waals surface area contributed by atoms with E-state index in [1.54, 1.807) is 14.0 Å². The third kappa shape index (κ3) is 5.77. The minimum Gasteiger partial charge on any atom is -0.379 e. The number of Topliss-reactive ketones (excluding diaryl/α,β-unsaturated/α-hetero) is 1. The summed E-state index contributed by atoms with van der Waals surface area (Å²) in [6.07, 6.45) is 0.494. The summed E-state index contributed by atoms with van der Waals surface area (Å²) >= 11 is 0. The fourth-order valence-electron chi connectivity index (χ4n) is 0.701. The molecule has 0 radical (unpaired) electrons. The molecule has 0 aromatic carbocycles. The molecule has 0 saturated carbocycles. The van der Waals surface area contributed by atoms with Crippen LogP contribution in [0.5, 0.6) is 0 Å². The third-order valence-corrected chi connectivity index (χ3v) is 2.20. The number of carbonyl (C=O) groups excluding carboxylic acids is 1. The first-order valence-electron chi connectivity index (χ1n) is 4.56. The Bertz CT molecular complexity index is 164. The average molecular weight is 188 g/mol. The predicted octanol–water partition coefficient (Wildman–Crippen LogP) is 1.80. The zero-order chi connectivity index (χ0) is 10.5. The van der Waals surface area contributed by atoms with Gasteiger partial charge in [-0.1, -0.05) is 0 Å². The van der Waals surface area contributed by atoms with Crippen molar-refractivity contribution in [3.63, 3.8) is 0 Å². The van der Waals surface area contributed by atoms with E-state index in [2.05, 4.69) is 0 Å². The molecule has 0 spiro atoms. The number of rotatable bonds is 6. The number of carbonyl (C=O) groups is 1. The van der Waals surface area contributed by atoms with Crippen LogP contribution in [0, 0.1) is 0 Å². The summed E-state index contributed by atoms with van der Waals surface area (Å²) in [7, 11) is 1.68. The second-order valence-corrected chi connectivity index (χ2v) is 3.84. The Kier molecular flexibility index (Phi) is 5.18. The molecule has 0 aliphatic heterocycles. The van der Waals surface area contributed by atoms with Crippen molar-refractivity contribution < 1.29 is 14.3 Å². The molecule has 0 saturated heterocycles.